The number of thiazole rings is 1. The van der Waals surface area contributed by atoms with Gasteiger partial charge in [0.05, 0.1) is 17.7 Å². The Morgan fingerprint density at radius 2 is 1.90 bits per heavy atom. The summed E-state index contributed by atoms with van der Waals surface area (Å²) in [6.45, 7) is 0.668. The average molecular weight is 419 g/mol. The highest BCUT2D eigenvalue weighted by molar-refractivity contribution is 7.18. The van der Waals surface area contributed by atoms with Crippen LogP contribution in [0.4, 0.5) is 10.8 Å². The Bertz CT molecular complexity index is 1140. The van der Waals surface area contributed by atoms with E-state index in [1.807, 2.05) is 25.4 Å². The largest absolute Gasteiger partial charge is 0.495 e. The van der Waals surface area contributed by atoms with Crippen LogP contribution in [0.1, 0.15) is 5.56 Å². The summed E-state index contributed by atoms with van der Waals surface area (Å²) in [6, 6.07) is 21.0. The van der Waals surface area contributed by atoms with Crippen molar-refractivity contribution in [3.63, 3.8) is 0 Å². The SMILES string of the molecule is CNc1ccc(-c2cnc(NCC(N)Cc3ccc4ccccc4c3)s2)cc1OC. The second kappa shape index (κ2) is 9.15. The van der Waals surface area contributed by atoms with Crippen LogP contribution in [-0.4, -0.2) is 31.7 Å². The standard InChI is InChI=1S/C24H26N4OS/c1-26-21-10-9-19(13-22(21)29-2)23-15-28-24(30-23)27-14-20(25)12-16-7-8-17-5-3-4-6-18(17)11-16/h3-11,13,15,20,26H,12,14,25H2,1-2H3,(H,27,28). The van der Waals surface area contributed by atoms with Gasteiger partial charge in [-0.1, -0.05) is 59.9 Å². The number of aromatic nitrogens is 1. The molecular weight excluding hydrogens is 392 g/mol. The number of rotatable bonds is 8. The van der Waals surface area contributed by atoms with E-state index in [4.69, 9.17) is 10.5 Å². The van der Waals surface area contributed by atoms with Crippen LogP contribution in [0.25, 0.3) is 21.2 Å². The molecule has 0 saturated heterocycles. The van der Waals surface area contributed by atoms with E-state index in [0.29, 0.717) is 6.54 Å². The van der Waals surface area contributed by atoms with Crippen molar-refractivity contribution in [1.82, 2.24) is 4.98 Å². The fourth-order valence-electron chi connectivity index (χ4n) is 3.50. The quantitative estimate of drug-likeness (QED) is 0.376. The molecule has 0 aliphatic carbocycles. The van der Waals surface area contributed by atoms with E-state index in [1.165, 1.54) is 16.3 Å². The third-order valence-electron chi connectivity index (χ3n) is 5.09. The van der Waals surface area contributed by atoms with Crippen molar-refractivity contribution in [1.29, 1.82) is 0 Å². The number of benzene rings is 3. The Kier molecular flexibility index (Phi) is 6.16. The Morgan fingerprint density at radius 3 is 2.70 bits per heavy atom. The number of nitrogens with two attached hydrogens (primary N) is 1. The van der Waals surface area contributed by atoms with Gasteiger partial charge in [-0.2, -0.15) is 0 Å². The molecule has 3 aromatic carbocycles. The van der Waals surface area contributed by atoms with Gasteiger partial charge >= 0.3 is 0 Å². The monoisotopic (exact) mass is 418 g/mol. The molecule has 4 aromatic rings. The summed E-state index contributed by atoms with van der Waals surface area (Å²) in [5.41, 5.74) is 9.67. The molecule has 0 aliphatic rings. The molecule has 0 saturated carbocycles. The average Bonchev–Trinajstić information content (AvgIpc) is 3.26. The minimum Gasteiger partial charge on any atom is -0.495 e. The van der Waals surface area contributed by atoms with Crippen LogP contribution in [0.5, 0.6) is 5.75 Å². The molecule has 0 spiro atoms. The fourth-order valence-corrected chi connectivity index (χ4v) is 4.32. The van der Waals surface area contributed by atoms with Gasteiger partial charge in [0.15, 0.2) is 5.13 Å². The molecular formula is C24H26N4OS. The lowest BCUT2D eigenvalue weighted by Gasteiger charge is -2.13. The third kappa shape index (κ3) is 4.56. The zero-order valence-corrected chi connectivity index (χ0v) is 18.0. The summed E-state index contributed by atoms with van der Waals surface area (Å²) in [5, 5.41) is 9.88. The van der Waals surface area contributed by atoms with E-state index in [0.717, 1.165) is 33.4 Å². The van der Waals surface area contributed by atoms with Crippen molar-refractivity contribution in [2.75, 3.05) is 31.3 Å². The lowest BCUT2D eigenvalue weighted by Crippen LogP contribution is -2.31. The van der Waals surface area contributed by atoms with Crippen molar-refractivity contribution in [3.05, 3.63) is 72.4 Å². The third-order valence-corrected chi connectivity index (χ3v) is 6.09. The summed E-state index contributed by atoms with van der Waals surface area (Å²) in [7, 11) is 3.56. The first kappa shape index (κ1) is 20.2. The Hall–Kier alpha value is -3.09. The molecule has 30 heavy (non-hydrogen) atoms. The molecule has 1 heterocycles. The summed E-state index contributed by atoms with van der Waals surface area (Å²) >= 11 is 1.62. The van der Waals surface area contributed by atoms with E-state index in [2.05, 4.69) is 64.1 Å². The van der Waals surface area contributed by atoms with Crippen LogP contribution >= 0.6 is 11.3 Å². The van der Waals surface area contributed by atoms with Crippen molar-refractivity contribution in [2.24, 2.45) is 5.73 Å². The Morgan fingerprint density at radius 1 is 1.07 bits per heavy atom. The molecule has 0 aliphatic heterocycles. The molecule has 6 heteroatoms. The number of nitrogens with zero attached hydrogens (tertiary/aromatic N) is 1. The van der Waals surface area contributed by atoms with Crippen molar-refractivity contribution >= 4 is 32.9 Å². The van der Waals surface area contributed by atoms with Gasteiger partial charge in [-0.3, -0.25) is 0 Å². The van der Waals surface area contributed by atoms with Crippen LogP contribution in [-0.2, 0) is 6.42 Å². The van der Waals surface area contributed by atoms with Gasteiger partial charge in [0.1, 0.15) is 5.75 Å². The molecule has 4 rings (SSSR count). The maximum absolute atomic E-state index is 6.38. The number of fused-ring (bicyclic) bond motifs is 1. The number of anilines is 2. The molecule has 4 N–H and O–H groups in total. The van der Waals surface area contributed by atoms with Gasteiger partial charge in [-0.25, -0.2) is 4.98 Å². The highest BCUT2D eigenvalue weighted by atomic mass is 32.1. The Labute approximate surface area is 180 Å². The van der Waals surface area contributed by atoms with Crippen LogP contribution < -0.4 is 21.1 Å². The van der Waals surface area contributed by atoms with Gasteiger partial charge in [0.2, 0.25) is 0 Å². The topological polar surface area (TPSA) is 72.2 Å². The normalized spacial score (nSPS) is 12.0. The summed E-state index contributed by atoms with van der Waals surface area (Å²) in [4.78, 5) is 5.59. The second-order valence-corrected chi connectivity index (χ2v) is 8.25. The number of nitrogens with one attached hydrogen (secondary N) is 2. The molecule has 0 fully saturated rings. The fraction of sp³-hybridized carbons (Fsp3) is 0.208. The van der Waals surface area contributed by atoms with E-state index in [9.17, 15) is 0 Å². The number of hydrogen-bond donors (Lipinski definition) is 3. The molecule has 0 bridgehead atoms. The van der Waals surface area contributed by atoms with E-state index < -0.39 is 0 Å². The zero-order valence-electron chi connectivity index (χ0n) is 17.2. The lowest BCUT2D eigenvalue weighted by molar-refractivity contribution is 0.417. The number of hydrogen-bond acceptors (Lipinski definition) is 6. The molecule has 1 atom stereocenters. The van der Waals surface area contributed by atoms with E-state index in [1.54, 1.807) is 18.4 Å². The van der Waals surface area contributed by atoms with Gasteiger partial charge in [-0.05, 0) is 40.5 Å². The first-order valence-electron chi connectivity index (χ1n) is 9.95. The predicted molar refractivity (Wildman–Crippen MR) is 128 cm³/mol. The maximum atomic E-state index is 6.38. The molecule has 0 amide bonds. The van der Waals surface area contributed by atoms with Crippen molar-refractivity contribution in [3.8, 4) is 16.2 Å². The van der Waals surface area contributed by atoms with Gasteiger partial charge in [0, 0.05) is 25.8 Å². The zero-order chi connectivity index (χ0) is 20.9. The Balaban J connectivity index is 1.37. The van der Waals surface area contributed by atoms with Crippen LogP contribution in [0.15, 0.2) is 66.9 Å². The van der Waals surface area contributed by atoms with Crippen molar-refractivity contribution in [2.45, 2.75) is 12.5 Å². The van der Waals surface area contributed by atoms with Crippen molar-refractivity contribution < 1.29 is 4.74 Å². The van der Waals surface area contributed by atoms with Crippen LogP contribution in [0.3, 0.4) is 0 Å². The van der Waals surface area contributed by atoms with Crippen LogP contribution in [0.2, 0.25) is 0 Å². The molecule has 154 valence electrons. The molecule has 1 unspecified atom stereocenters. The van der Waals surface area contributed by atoms with E-state index in [-0.39, 0.29) is 6.04 Å². The minimum atomic E-state index is 0.00789. The summed E-state index contributed by atoms with van der Waals surface area (Å²) in [5.74, 6) is 0.815. The number of ether oxygens (including phenoxy) is 1. The van der Waals surface area contributed by atoms with E-state index >= 15 is 0 Å². The smallest absolute Gasteiger partial charge is 0.183 e. The lowest BCUT2D eigenvalue weighted by atomic mass is 10.0. The first-order valence-corrected chi connectivity index (χ1v) is 10.8. The molecule has 5 nitrogen and oxygen atoms in total. The van der Waals surface area contributed by atoms with Gasteiger partial charge in [0.25, 0.3) is 0 Å². The second-order valence-electron chi connectivity index (χ2n) is 7.22. The summed E-state index contributed by atoms with van der Waals surface area (Å²) < 4.78 is 5.46. The van der Waals surface area contributed by atoms with Crippen LogP contribution in [0, 0.1) is 0 Å². The minimum absolute atomic E-state index is 0.00789. The highest BCUT2D eigenvalue weighted by Gasteiger charge is 2.10. The maximum Gasteiger partial charge on any atom is 0.183 e. The molecule has 0 radical (unpaired) electrons. The van der Waals surface area contributed by atoms with Gasteiger partial charge in [-0.15, -0.1) is 0 Å². The summed E-state index contributed by atoms with van der Waals surface area (Å²) in [6.07, 6.45) is 2.70. The highest BCUT2D eigenvalue weighted by Crippen LogP contribution is 2.34. The first-order chi connectivity index (χ1) is 14.7. The number of methoxy groups -OCH3 is 1. The van der Waals surface area contributed by atoms with Gasteiger partial charge < -0.3 is 21.1 Å². The molecule has 1 aromatic heterocycles. The predicted octanol–water partition coefficient (Wildman–Crippen LogP) is 5.00.